The van der Waals surface area contributed by atoms with Gasteiger partial charge in [-0.05, 0) is 19.8 Å². The molecule has 1 heterocycles. The van der Waals surface area contributed by atoms with Crippen molar-refractivity contribution in [2.75, 3.05) is 6.61 Å². The molecule has 0 unspecified atom stereocenters. The fourth-order valence-corrected chi connectivity index (χ4v) is 2.10. The molecule has 0 amide bonds. The Bertz CT molecular complexity index is 374. The Hall–Kier alpha value is -0.450. The van der Waals surface area contributed by atoms with Crippen molar-refractivity contribution in [3.05, 3.63) is 21.9 Å². The minimum absolute atomic E-state index is 0.272. The van der Waals surface area contributed by atoms with E-state index in [9.17, 15) is 4.39 Å². The van der Waals surface area contributed by atoms with Crippen LogP contribution in [0.25, 0.3) is 0 Å². The van der Waals surface area contributed by atoms with E-state index in [1.54, 1.807) is 0 Å². The molecular weight excluding hydrogens is 266 g/mol. The zero-order chi connectivity index (χ0) is 13.1. The molecule has 0 aliphatic heterocycles. The summed E-state index contributed by atoms with van der Waals surface area (Å²) in [4.78, 5) is 7.87. The van der Waals surface area contributed by atoms with Crippen LogP contribution >= 0.6 is 23.2 Å². The van der Waals surface area contributed by atoms with Gasteiger partial charge in [-0.15, -0.1) is 0 Å². The molecule has 0 fully saturated rings. The van der Waals surface area contributed by atoms with Gasteiger partial charge in [0.1, 0.15) is 5.60 Å². The minimum atomic E-state index is -0.797. The van der Waals surface area contributed by atoms with Crippen LogP contribution < -0.4 is 0 Å². The summed E-state index contributed by atoms with van der Waals surface area (Å²) in [6.45, 7) is 6.30. The highest BCUT2D eigenvalue weighted by Crippen LogP contribution is 2.33. The van der Waals surface area contributed by atoms with Crippen molar-refractivity contribution in [2.24, 2.45) is 0 Å². The maximum absolute atomic E-state index is 13.3. The highest BCUT2D eigenvalue weighted by atomic mass is 35.5. The van der Waals surface area contributed by atoms with Crippen molar-refractivity contribution >= 4 is 23.2 Å². The van der Waals surface area contributed by atoms with Crippen LogP contribution in [0.4, 0.5) is 4.39 Å². The lowest BCUT2D eigenvalue weighted by Gasteiger charge is -2.29. The molecule has 0 N–H and O–H groups in total. The fourth-order valence-electron chi connectivity index (χ4n) is 1.71. The van der Waals surface area contributed by atoms with Crippen LogP contribution in [0.1, 0.15) is 39.4 Å². The Morgan fingerprint density at radius 3 is 1.94 bits per heavy atom. The van der Waals surface area contributed by atoms with Crippen LogP contribution in [0.2, 0.25) is 10.3 Å². The van der Waals surface area contributed by atoms with E-state index in [4.69, 9.17) is 27.9 Å². The van der Waals surface area contributed by atoms with Gasteiger partial charge in [0.05, 0.1) is 0 Å². The number of hydrogen-bond acceptors (Lipinski definition) is 3. The molecular formula is C11H15Cl2FN2O. The Kier molecular flexibility index (Phi) is 5.10. The molecule has 96 valence electrons. The second-order valence-electron chi connectivity index (χ2n) is 3.58. The van der Waals surface area contributed by atoms with E-state index in [2.05, 4.69) is 9.97 Å². The molecule has 0 spiro atoms. The lowest BCUT2D eigenvalue weighted by atomic mass is 9.96. The van der Waals surface area contributed by atoms with E-state index in [1.165, 1.54) is 0 Å². The highest BCUT2D eigenvalue weighted by Gasteiger charge is 2.33. The quantitative estimate of drug-likeness (QED) is 0.766. The van der Waals surface area contributed by atoms with Gasteiger partial charge in [0.15, 0.2) is 21.9 Å². The predicted molar refractivity (Wildman–Crippen MR) is 65.9 cm³/mol. The smallest absolute Gasteiger partial charge is 0.197 e. The standard InChI is InChI=1S/C11H15Cl2FN2O/c1-4-11(5-2,17-6-3)10-15-8(12)7(14)9(13)16-10/h4-6H2,1-3H3. The molecule has 0 aliphatic rings. The molecule has 0 radical (unpaired) electrons. The van der Waals surface area contributed by atoms with E-state index in [-0.39, 0.29) is 10.3 Å². The van der Waals surface area contributed by atoms with Gasteiger partial charge in [0.2, 0.25) is 0 Å². The number of hydrogen-bond donors (Lipinski definition) is 0. The van der Waals surface area contributed by atoms with Crippen LogP contribution in [0.3, 0.4) is 0 Å². The fraction of sp³-hybridized carbons (Fsp3) is 0.636. The van der Waals surface area contributed by atoms with E-state index in [1.807, 2.05) is 20.8 Å². The van der Waals surface area contributed by atoms with Crippen LogP contribution in [-0.2, 0) is 10.3 Å². The number of halogens is 3. The molecule has 6 heteroatoms. The van der Waals surface area contributed by atoms with Gasteiger partial charge in [-0.25, -0.2) is 14.4 Å². The zero-order valence-corrected chi connectivity index (χ0v) is 11.6. The molecule has 0 aliphatic carbocycles. The Labute approximate surface area is 110 Å². The molecule has 0 atom stereocenters. The summed E-state index contributed by atoms with van der Waals surface area (Å²) >= 11 is 11.3. The largest absolute Gasteiger partial charge is 0.367 e. The molecule has 0 saturated carbocycles. The zero-order valence-electron chi connectivity index (χ0n) is 10.1. The molecule has 17 heavy (non-hydrogen) atoms. The van der Waals surface area contributed by atoms with Crippen molar-refractivity contribution < 1.29 is 9.13 Å². The summed E-state index contributed by atoms with van der Waals surface area (Å²) in [6.07, 6.45) is 1.32. The van der Waals surface area contributed by atoms with E-state index in [0.717, 1.165) is 0 Å². The first-order chi connectivity index (χ1) is 8.00. The third-order valence-corrected chi connectivity index (χ3v) is 3.24. The molecule has 0 aromatic carbocycles. The van der Waals surface area contributed by atoms with Gasteiger partial charge in [-0.2, -0.15) is 0 Å². The van der Waals surface area contributed by atoms with E-state index < -0.39 is 11.4 Å². The van der Waals surface area contributed by atoms with Crippen LogP contribution in [0, 0.1) is 5.82 Å². The van der Waals surface area contributed by atoms with Gasteiger partial charge < -0.3 is 4.74 Å². The van der Waals surface area contributed by atoms with Gasteiger partial charge in [0, 0.05) is 6.61 Å². The number of aromatic nitrogens is 2. The monoisotopic (exact) mass is 280 g/mol. The Morgan fingerprint density at radius 2 is 1.59 bits per heavy atom. The average molecular weight is 281 g/mol. The highest BCUT2D eigenvalue weighted by molar-refractivity contribution is 6.33. The summed E-state index contributed by atoms with van der Waals surface area (Å²) in [6, 6.07) is 0. The number of ether oxygens (including phenoxy) is 1. The first kappa shape index (κ1) is 14.6. The second-order valence-corrected chi connectivity index (χ2v) is 4.29. The topological polar surface area (TPSA) is 35.0 Å². The summed E-state index contributed by atoms with van der Waals surface area (Å²) in [5.74, 6) is -0.463. The Morgan fingerprint density at radius 1 is 1.12 bits per heavy atom. The summed E-state index contributed by atoms with van der Waals surface area (Å²) in [5.41, 5.74) is -0.657. The lowest BCUT2D eigenvalue weighted by Crippen LogP contribution is -2.31. The van der Waals surface area contributed by atoms with Crippen molar-refractivity contribution in [1.29, 1.82) is 0 Å². The van der Waals surface area contributed by atoms with E-state index >= 15 is 0 Å². The molecule has 3 nitrogen and oxygen atoms in total. The number of rotatable bonds is 5. The normalized spacial score (nSPS) is 11.9. The number of nitrogens with zero attached hydrogens (tertiary/aromatic N) is 2. The van der Waals surface area contributed by atoms with Crippen LogP contribution in [0.5, 0.6) is 0 Å². The first-order valence-corrected chi connectivity index (χ1v) is 6.29. The predicted octanol–water partition coefficient (Wildman–Crippen LogP) is 3.97. The SMILES string of the molecule is CCOC(CC)(CC)c1nc(Cl)c(F)c(Cl)n1. The summed E-state index contributed by atoms with van der Waals surface area (Å²) in [5, 5.41) is -0.544. The molecule has 1 aromatic rings. The lowest BCUT2D eigenvalue weighted by molar-refractivity contribution is -0.0572. The van der Waals surface area contributed by atoms with Crippen molar-refractivity contribution in [3.8, 4) is 0 Å². The van der Waals surface area contributed by atoms with Gasteiger partial charge >= 0.3 is 0 Å². The summed E-state index contributed by atoms with van der Waals surface area (Å²) in [7, 11) is 0. The average Bonchev–Trinajstić information content (AvgIpc) is 2.32. The maximum Gasteiger partial charge on any atom is 0.197 e. The molecule has 1 aromatic heterocycles. The van der Waals surface area contributed by atoms with E-state index in [0.29, 0.717) is 25.3 Å². The van der Waals surface area contributed by atoms with Gasteiger partial charge in [-0.1, -0.05) is 37.0 Å². The van der Waals surface area contributed by atoms with Crippen LogP contribution in [-0.4, -0.2) is 16.6 Å². The minimum Gasteiger partial charge on any atom is -0.367 e. The van der Waals surface area contributed by atoms with Crippen LogP contribution in [0.15, 0.2) is 0 Å². The first-order valence-electron chi connectivity index (χ1n) is 5.53. The second kappa shape index (κ2) is 5.94. The van der Waals surface area contributed by atoms with Crippen molar-refractivity contribution in [1.82, 2.24) is 9.97 Å². The summed E-state index contributed by atoms with van der Waals surface area (Å²) < 4.78 is 19.0. The van der Waals surface area contributed by atoms with Crippen molar-refractivity contribution in [2.45, 2.75) is 39.2 Å². The van der Waals surface area contributed by atoms with Crippen molar-refractivity contribution in [3.63, 3.8) is 0 Å². The van der Waals surface area contributed by atoms with Gasteiger partial charge in [0.25, 0.3) is 0 Å². The molecule has 1 rings (SSSR count). The third kappa shape index (κ3) is 2.87. The molecule has 0 saturated heterocycles. The third-order valence-electron chi connectivity index (χ3n) is 2.74. The Balaban J connectivity index is 3.28. The maximum atomic E-state index is 13.3. The molecule has 0 bridgehead atoms. The van der Waals surface area contributed by atoms with Gasteiger partial charge in [-0.3, -0.25) is 0 Å².